The van der Waals surface area contributed by atoms with Crippen LogP contribution in [-0.4, -0.2) is 174 Å². The molecule has 1 aliphatic heterocycles. The molecule has 3 aromatic rings. The quantitative estimate of drug-likeness (QED) is 0.00889. The number of carbonyl (C=O) groups excluding carboxylic acids is 10. The first kappa shape index (κ1) is 65.6. The fraction of sp³-hybridized carbons (Fsp3) is 0.431. The number of hydrogen-bond donors (Lipinski definition) is 17. The number of carbonyl (C=O) groups is 10. The molecule has 0 saturated carbocycles. The van der Waals surface area contributed by atoms with Crippen molar-refractivity contribution >= 4 is 114 Å². The van der Waals surface area contributed by atoms with Crippen LogP contribution in [-0.2, 0) is 56.0 Å². The van der Waals surface area contributed by atoms with Gasteiger partial charge in [0.1, 0.15) is 48.3 Å². The third-order valence-corrected chi connectivity index (χ3v) is 13.3. The zero-order chi connectivity index (χ0) is 60.5. The number of rotatable bonds is 34. The van der Waals surface area contributed by atoms with Gasteiger partial charge in [0.25, 0.3) is 5.91 Å². The van der Waals surface area contributed by atoms with Gasteiger partial charge < -0.3 is 81.5 Å². The molecule has 0 unspecified atom stereocenters. The molecule has 1 aliphatic rings. The van der Waals surface area contributed by atoms with Crippen LogP contribution in [0, 0.1) is 0 Å². The van der Waals surface area contributed by atoms with Crippen LogP contribution in [0.3, 0.4) is 0 Å². The number of nitrogens with zero attached hydrogens (tertiary/aromatic N) is 4. The van der Waals surface area contributed by atoms with Crippen LogP contribution in [0.25, 0.3) is 10.9 Å². The van der Waals surface area contributed by atoms with Gasteiger partial charge in [-0.1, -0.05) is 55.1 Å². The molecule has 0 aliphatic carbocycles. The van der Waals surface area contributed by atoms with E-state index in [2.05, 4.69) is 99.6 Å². The second kappa shape index (κ2) is 33.0. The maximum absolute atomic E-state index is 14.7. The minimum atomic E-state index is -1.50. The summed E-state index contributed by atoms with van der Waals surface area (Å²) in [7, 11) is 1.47. The van der Waals surface area contributed by atoms with E-state index in [1.807, 2.05) is 18.2 Å². The van der Waals surface area contributed by atoms with Gasteiger partial charge in [-0.25, -0.2) is 4.79 Å². The van der Waals surface area contributed by atoms with Gasteiger partial charge in [0.2, 0.25) is 47.3 Å². The highest BCUT2D eigenvalue weighted by atomic mass is 32.1. The highest BCUT2D eigenvalue weighted by Crippen LogP contribution is 2.20. The molecule has 31 heteroatoms. The third kappa shape index (κ3) is 20.7. The number of imide groups is 1. The average Bonchev–Trinajstić information content (AvgIpc) is 4.17. The number of para-hydroxylation sites is 1. The van der Waals surface area contributed by atoms with Crippen molar-refractivity contribution in [2.45, 2.75) is 100 Å². The van der Waals surface area contributed by atoms with Gasteiger partial charge in [0.15, 0.2) is 11.9 Å². The summed E-state index contributed by atoms with van der Waals surface area (Å²) in [6.45, 7) is 4.96. The topological polar surface area (TPSA) is 465 Å². The third-order valence-electron chi connectivity index (χ3n) is 12.5. The van der Waals surface area contributed by atoms with E-state index in [-0.39, 0.29) is 93.7 Å². The Bertz CT molecular complexity index is 2840. The predicted molar refractivity (Wildman–Crippen MR) is 313 cm³/mol. The highest BCUT2D eigenvalue weighted by Gasteiger charge is 2.40. The number of benzene rings is 2. The standard InChI is InChI=1S/C51H73N19O10S2/c1-27(62-26-57-3)19-34(65-42(73)28(2)63-47(78)38(25-82)69-48(79)39(16-10-18-59-50(55)56)70-40(71)23-61-51(70)80)44(75)66-35(20-29-11-5-4-6-12-29)45(76)64-33(15-9-17-58-49(53)54)43(74)67-36(46(77)68-37(24-81)41(52)72)21-30-22-60-32-14-8-7-13-31(30)32/h4-8,11-14,22,26,28,33-39,60,81-82H,1,9-10,15-21,23-25H2,2-3H3,(H2,52,72)(H,57,62)(H,61,80)(H,63,78)(H,64,76)(H,65,73)(H,66,75)(H,67,74)(H,68,77)(H,69,79)(H4,53,54,58)(H4,55,56,59)/t28-,33+,34+,35-,36+,37+,38+,39-/m1/s1. The van der Waals surface area contributed by atoms with Crippen molar-refractivity contribution in [3.63, 3.8) is 0 Å². The van der Waals surface area contributed by atoms with Gasteiger partial charge in [0, 0.05) is 73.7 Å². The first-order valence-electron chi connectivity index (χ1n) is 25.8. The van der Waals surface area contributed by atoms with Gasteiger partial charge in [0.05, 0.1) is 12.9 Å². The van der Waals surface area contributed by atoms with Gasteiger partial charge in [-0.2, -0.15) is 25.3 Å². The number of aromatic amines is 1. The Morgan fingerprint density at radius 1 is 0.659 bits per heavy atom. The Morgan fingerprint density at radius 2 is 1.18 bits per heavy atom. The van der Waals surface area contributed by atoms with Crippen LogP contribution < -0.4 is 76.5 Å². The summed E-state index contributed by atoms with van der Waals surface area (Å²) in [4.78, 5) is 152. The lowest BCUT2D eigenvalue weighted by Gasteiger charge is -2.28. The van der Waals surface area contributed by atoms with Crippen LogP contribution in [0.15, 0.2) is 88.0 Å². The zero-order valence-electron chi connectivity index (χ0n) is 45.3. The number of amides is 11. The van der Waals surface area contributed by atoms with E-state index in [1.54, 1.807) is 42.6 Å². The Hall–Kier alpha value is -8.87. The maximum atomic E-state index is 14.7. The Morgan fingerprint density at radius 3 is 1.77 bits per heavy atom. The summed E-state index contributed by atoms with van der Waals surface area (Å²) < 4.78 is 0. The van der Waals surface area contributed by atoms with E-state index in [0.717, 1.165) is 15.8 Å². The molecule has 29 nitrogen and oxygen atoms in total. The molecule has 0 spiro atoms. The molecule has 2 heterocycles. The van der Waals surface area contributed by atoms with Gasteiger partial charge in [-0.15, -0.1) is 0 Å². The molecule has 4 rings (SSSR count). The number of thiol groups is 2. The smallest absolute Gasteiger partial charge is 0.325 e. The monoisotopic (exact) mass is 1180 g/mol. The van der Waals surface area contributed by atoms with E-state index in [1.165, 1.54) is 20.3 Å². The minimum absolute atomic E-state index is 0.0305. The molecule has 2 aromatic carbocycles. The van der Waals surface area contributed by atoms with Crippen LogP contribution >= 0.6 is 25.3 Å². The van der Waals surface area contributed by atoms with Crippen molar-refractivity contribution in [2.75, 3.05) is 38.2 Å². The number of fused-ring (bicyclic) bond motifs is 1. The van der Waals surface area contributed by atoms with Crippen molar-refractivity contribution in [3.05, 3.63) is 84.2 Å². The number of H-pyrrole nitrogens is 1. The van der Waals surface area contributed by atoms with Crippen molar-refractivity contribution in [2.24, 2.45) is 43.6 Å². The number of aliphatic imine (C=N–C) groups is 3. The van der Waals surface area contributed by atoms with Gasteiger partial charge in [-0.3, -0.25) is 63.0 Å². The summed E-state index contributed by atoms with van der Waals surface area (Å²) in [5, 5.41) is 24.1. The fourth-order valence-corrected chi connectivity index (χ4v) is 8.81. The number of nitrogens with one attached hydrogen (secondary N) is 10. The lowest BCUT2D eigenvalue weighted by molar-refractivity contribution is -0.137. The molecular formula is C51H73N19O10S2. The predicted octanol–water partition coefficient (Wildman–Crippen LogP) is -4.11. The number of primary amides is 1. The lowest BCUT2D eigenvalue weighted by Crippen LogP contribution is -2.60. The first-order valence-corrected chi connectivity index (χ1v) is 27.1. The van der Waals surface area contributed by atoms with Crippen molar-refractivity contribution in [1.29, 1.82) is 0 Å². The van der Waals surface area contributed by atoms with Gasteiger partial charge in [-0.05, 0) is 49.8 Å². The molecule has 444 valence electrons. The van der Waals surface area contributed by atoms with Crippen molar-refractivity contribution < 1.29 is 47.9 Å². The Kier molecular flexibility index (Phi) is 26.4. The molecule has 82 heavy (non-hydrogen) atoms. The second-order valence-electron chi connectivity index (χ2n) is 18.8. The van der Waals surface area contributed by atoms with E-state index < -0.39 is 108 Å². The molecule has 1 saturated heterocycles. The zero-order valence-corrected chi connectivity index (χ0v) is 47.1. The molecule has 0 radical (unpaired) electrons. The molecule has 20 N–H and O–H groups in total. The molecule has 0 bridgehead atoms. The molecule has 1 aromatic heterocycles. The summed E-state index contributed by atoms with van der Waals surface area (Å²) in [5.41, 5.74) is 29.6. The number of urea groups is 1. The molecule has 8 atom stereocenters. The van der Waals surface area contributed by atoms with Crippen LogP contribution in [0.5, 0.6) is 0 Å². The summed E-state index contributed by atoms with van der Waals surface area (Å²) >= 11 is 8.37. The normalized spacial score (nSPS) is 15.0. The van der Waals surface area contributed by atoms with E-state index in [0.29, 0.717) is 11.1 Å². The second-order valence-corrected chi connectivity index (χ2v) is 19.5. The number of guanidine groups is 2. The lowest BCUT2D eigenvalue weighted by atomic mass is 10.0. The summed E-state index contributed by atoms with van der Waals surface area (Å²) in [5.74, 6) is -8.53. The first-order chi connectivity index (χ1) is 39.1. The van der Waals surface area contributed by atoms with E-state index in [4.69, 9.17) is 28.7 Å². The SMILES string of the molecule is C=C(C[C@H](NC(=O)[C@@H](C)NC(=O)[C@H](CS)NC(=O)[C@@H](CCCN=C(N)N)N1C(=O)CNC1=O)C(=O)N[C@H](Cc1ccccc1)C(=O)N[C@@H](CCCN=C(N)N)C(=O)N[C@@H](Cc1c[nH]c2ccccc12)C(=O)N[C@@H](CS)C(N)=O)NC=NC. The number of nitrogens with two attached hydrogens (primary N) is 5. The summed E-state index contributed by atoms with van der Waals surface area (Å²) in [6, 6.07) is 3.89. The van der Waals surface area contributed by atoms with E-state index >= 15 is 0 Å². The molecule has 11 amide bonds. The average molecular weight is 1180 g/mol. The Balaban J connectivity index is 1.60. The van der Waals surface area contributed by atoms with Crippen LogP contribution in [0.1, 0.15) is 50.2 Å². The minimum Gasteiger partial charge on any atom is -0.370 e. The highest BCUT2D eigenvalue weighted by molar-refractivity contribution is 7.80. The largest absolute Gasteiger partial charge is 0.370 e. The van der Waals surface area contributed by atoms with Crippen molar-refractivity contribution in [1.82, 2.24) is 57.7 Å². The summed E-state index contributed by atoms with van der Waals surface area (Å²) in [6.07, 6.45) is 2.55. The van der Waals surface area contributed by atoms with Gasteiger partial charge >= 0.3 is 6.03 Å². The Labute approximate surface area is 483 Å². The number of aromatic nitrogens is 1. The van der Waals surface area contributed by atoms with Crippen LogP contribution in [0.4, 0.5) is 4.79 Å². The maximum Gasteiger partial charge on any atom is 0.325 e. The van der Waals surface area contributed by atoms with Crippen LogP contribution in [0.2, 0.25) is 0 Å². The number of hydrogen-bond acceptors (Lipinski definition) is 15. The molecule has 1 fully saturated rings. The fourth-order valence-electron chi connectivity index (χ4n) is 8.29. The van der Waals surface area contributed by atoms with Crippen molar-refractivity contribution in [3.8, 4) is 0 Å². The van der Waals surface area contributed by atoms with E-state index in [9.17, 15) is 47.9 Å². The molecular weight excluding hydrogens is 1100 g/mol.